The van der Waals surface area contributed by atoms with Gasteiger partial charge in [-0.25, -0.2) is 8.91 Å². The number of hydrogen-bond acceptors (Lipinski definition) is 9. The molecule has 2 saturated heterocycles. The molecule has 0 spiro atoms. The molecule has 0 aliphatic carbocycles. The van der Waals surface area contributed by atoms with Gasteiger partial charge >= 0.3 is 0 Å². The van der Waals surface area contributed by atoms with E-state index in [-0.39, 0.29) is 18.2 Å². The third-order valence-electron chi connectivity index (χ3n) is 7.84. The standard InChI is InChI=1S/C29H32FN9O3/c1-29(2,41)27(30)13-33-28(40)23-12-32-25(26-4-3-20-7-18(9-31)10-35-39(20)26)8-24(23)36-19-11-34-38(14-19)21-5-6-37(15-21)22-16-42-17-22/h3-4,7-8,10-12,14,21-22,27,41H,5-6,13,15-17H2,1-2H3,(H,32,36)(H,33,40). The van der Waals surface area contributed by atoms with E-state index in [0.29, 0.717) is 34.4 Å². The highest BCUT2D eigenvalue weighted by Crippen LogP contribution is 2.30. The van der Waals surface area contributed by atoms with Gasteiger partial charge in [-0.2, -0.15) is 15.5 Å². The van der Waals surface area contributed by atoms with Gasteiger partial charge in [0.25, 0.3) is 5.91 Å². The van der Waals surface area contributed by atoms with E-state index in [1.807, 2.05) is 23.0 Å². The van der Waals surface area contributed by atoms with Gasteiger partial charge in [0.1, 0.15) is 12.2 Å². The Morgan fingerprint density at radius 1 is 1.24 bits per heavy atom. The maximum atomic E-state index is 14.4. The Morgan fingerprint density at radius 3 is 2.81 bits per heavy atom. The largest absolute Gasteiger partial charge is 0.387 e. The molecule has 4 aromatic rings. The molecule has 0 radical (unpaired) electrons. The number of aliphatic hydroxyl groups is 1. The van der Waals surface area contributed by atoms with Gasteiger partial charge in [0.15, 0.2) is 0 Å². The molecule has 0 bridgehead atoms. The van der Waals surface area contributed by atoms with Crippen LogP contribution in [0.2, 0.25) is 0 Å². The Bertz CT molecular complexity index is 1650. The molecule has 6 heterocycles. The summed E-state index contributed by atoms with van der Waals surface area (Å²) in [5.41, 5.74) is 2.10. The van der Waals surface area contributed by atoms with Gasteiger partial charge in [-0.1, -0.05) is 0 Å². The number of anilines is 2. The predicted octanol–water partition coefficient (Wildman–Crippen LogP) is 2.69. The van der Waals surface area contributed by atoms with Crippen LogP contribution in [0.4, 0.5) is 15.8 Å². The number of nitrogens with zero attached hydrogens (tertiary/aromatic N) is 7. The number of rotatable bonds is 9. The summed E-state index contributed by atoms with van der Waals surface area (Å²) < 4.78 is 23.3. The van der Waals surface area contributed by atoms with Crippen LogP contribution >= 0.6 is 0 Å². The average Bonchev–Trinajstić information content (AvgIpc) is 3.69. The molecule has 0 aromatic carbocycles. The van der Waals surface area contributed by atoms with E-state index in [2.05, 4.69) is 36.8 Å². The van der Waals surface area contributed by atoms with Crippen LogP contribution in [-0.4, -0.2) is 91.0 Å². The molecule has 2 aliphatic rings. The number of aromatic nitrogens is 5. The highest BCUT2D eigenvalue weighted by Gasteiger charge is 2.33. The lowest BCUT2D eigenvalue weighted by molar-refractivity contribution is -0.0579. The lowest BCUT2D eigenvalue weighted by Gasteiger charge is -2.34. The summed E-state index contributed by atoms with van der Waals surface area (Å²) in [6, 6.07) is 9.92. The zero-order valence-electron chi connectivity index (χ0n) is 23.4. The van der Waals surface area contributed by atoms with E-state index in [1.54, 1.807) is 22.8 Å². The van der Waals surface area contributed by atoms with Gasteiger partial charge in [-0.3, -0.25) is 19.4 Å². The second-order valence-electron chi connectivity index (χ2n) is 11.3. The first kappa shape index (κ1) is 27.8. The number of likely N-dealkylation sites (tertiary alicyclic amines) is 1. The summed E-state index contributed by atoms with van der Waals surface area (Å²) in [5.74, 6) is -0.540. The first-order chi connectivity index (χ1) is 20.2. The SMILES string of the molecule is CC(C)(O)C(F)CNC(=O)c1cnc(-c2ccc3cc(C#N)cnn23)cc1Nc1cnn(C2CCN(C3COC3)C2)c1. The second kappa shape index (κ2) is 11.1. The number of carbonyl (C=O) groups excluding carboxylic acids is 1. The number of carbonyl (C=O) groups is 1. The van der Waals surface area contributed by atoms with Gasteiger partial charge in [-0.05, 0) is 44.5 Å². The van der Waals surface area contributed by atoms with Crippen LogP contribution in [0.1, 0.15) is 42.2 Å². The predicted molar refractivity (Wildman–Crippen MR) is 152 cm³/mol. The molecule has 3 N–H and O–H groups in total. The van der Waals surface area contributed by atoms with E-state index < -0.39 is 17.7 Å². The van der Waals surface area contributed by atoms with Crippen LogP contribution in [0, 0.1) is 11.3 Å². The van der Waals surface area contributed by atoms with Crippen LogP contribution in [0.15, 0.2) is 49.1 Å². The van der Waals surface area contributed by atoms with Crippen molar-refractivity contribution < 1.29 is 19.0 Å². The summed E-state index contributed by atoms with van der Waals surface area (Å²) in [6.45, 7) is 5.79. The van der Waals surface area contributed by atoms with Gasteiger partial charge in [-0.15, -0.1) is 0 Å². The van der Waals surface area contributed by atoms with E-state index >= 15 is 0 Å². The molecule has 12 nitrogen and oxygen atoms in total. The molecular formula is C29H32FN9O3. The lowest BCUT2D eigenvalue weighted by Crippen LogP contribution is -2.47. The number of nitriles is 1. The number of fused-ring (bicyclic) bond motifs is 1. The number of amides is 1. The molecule has 0 saturated carbocycles. The molecule has 2 atom stereocenters. The van der Waals surface area contributed by atoms with Crippen LogP contribution in [0.5, 0.6) is 0 Å². The van der Waals surface area contributed by atoms with Crippen molar-refractivity contribution in [2.75, 3.05) is 38.2 Å². The fraction of sp³-hybridized carbons (Fsp3) is 0.414. The summed E-state index contributed by atoms with van der Waals surface area (Å²) in [6.07, 6.45) is 5.85. The average molecular weight is 574 g/mol. The zero-order valence-corrected chi connectivity index (χ0v) is 23.4. The maximum Gasteiger partial charge on any atom is 0.255 e. The van der Waals surface area contributed by atoms with Gasteiger partial charge < -0.3 is 20.5 Å². The van der Waals surface area contributed by atoms with E-state index in [0.717, 1.165) is 38.2 Å². The van der Waals surface area contributed by atoms with Crippen molar-refractivity contribution >= 4 is 22.8 Å². The number of pyridine rings is 1. The molecule has 2 fully saturated rings. The van der Waals surface area contributed by atoms with Crippen LogP contribution < -0.4 is 10.6 Å². The normalized spacial score (nSPS) is 18.5. The smallest absolute Gasteiger partial charge is 0.255 e. The van der Waals surface area contributed by atoms with Crippen molar-refractivity contribution in [3.05, 3.63) is 60.2 Å². The third-order valence-corrected chi connectivity index (χ3v) is 7.84. The first-order valence-corrected chi connectivity index (χ1v) is 13.9. The number of halogens is 1. The highest BCUT2D eigenvalue weighted by atomic mass is 19.1. The van der Waals surface area contributed by atoms with Gasteiger partial charge in [0.05, 0.1) is 89.2 Å². The Hall–Kier alpha value is -4.38. The van der Waals surface area contributed by atoms with Crippen molar-refractivity contribution in [1.29, 1.82) is 5.26 Å². The van der Waals surface area contributed by atoms with Gasteiger partial charge in [0, 0.05) is 25.5 Å². The number of alkyl halides is 1. The van der Waals surface area contributed by atoms with Crippen molar-refractivity contribution in [2.45, 2.75) is 44.1 Å². The van der Waals surface area contributed by atoms with E-state index in [9.17, 15) is 19.6 Å². The first-order valence-electron chi connectivity index (χ1n) is 13.9. The Kier molecular flexibility index (Phi) is 7.36. The highest BCUT2D eigenvalue weighted by molar-refractivity contribution is 6.00. The van der Waals surface area contributed by atoms with Crippen molar-refractivity contribution in [3.8, 4) is 17.5 Å². The van der Waals surface area contributed by atoms with Crippen LogP contribution in [0.25, 0.3) is 16.9 Å². The number of hydrogen-bond donors (Lipinski definition) is 3. The molecule has 42 heavy (non-hydrogen) atoms. The molecule has 13 heteroatoms. The summed E-state index contributed by atoms with van der Waals surface area (Å²) in [4.78, 5) is 20.1. The Balaban J connectivity index is 1.28. The van der Waals surface area contributed by atoms with Gasteiger partial charge in [0.2, 0.25) is 0 Å². The van der Waals surface area contributed by atoms with Crippen molar-refractivity contribution in [2.24, 2.45) is 0 Å². The Labute approximate surface area is 241 Å². The lowest BCUT2D eigenvalue weighted by atomic mass is 10.0. The second-order valence-corrected chi connectivity index (χ2v) is 11.3. The van der Waals surface area contributed by atoms with E-state index in [1.165, 1.54) is 26.2 Å². The van der Waals surface area contributed by atoms with E-state index in [4.69, 9.17) is 4.74 Å². The maximum absolute atomic E-state index is 14.4. The zero-order chi connectivity index (χ0) is 29.4. The monoisotopic (exact) mass is 573 g/mol. The summed E-state index contributed by atoms with van der Waals surface area (Å²) in [7, 11) is 0. The van der Waals surface area contributed by atoms with Crippen molar-refractivity contribution in [1.82, 2.24) is 34.6 Å². The fourth-order valence-electron chi connectivity index (χ4n) is 5.17. The summed E-state index contributed by atoms with van der Waals surface area (Å²) >= 11 is 0. The fourth-order valence-corrected chi connectivity index (χ4v) is 5.17. The minimum absolute atomic E-state index is 0.201. The molecule has 2 unspecified atom stereocenters. The molecule has 2 aliphatic heterocycles. The third kappa shape index (κ3) is 5.56. The quantitative estimate of drug-likeness (QED) is 0.275. The molecule has 218 valence electrons. The molecule has 4 aromatic heterocycles. The van der Waals surface area contributed by atoms with Crippen molar-refractivity contribution in [3.63, 3.8) is 0 Å². The topological polar surface area (TPSA) is 146 Å². The number of ether oxygens (including phenoxy) is 1. The molecule has 6 rings (SSSR count). The van der Waals surface area contributed by atoms with Crippen LogP contribution in [0.3, 0.4) is 0 Å². The Morgan fingerprint density at radius 2 is 2.07 bits per heavy atom. The minimum Gasteiger partial charge on any atom is -0.387 e. The minimum atomic E-state index is -1.66. The number of nitrogens with one attached hydrogen (secondary N) is 2. The molecule has 1 amide bonds. The van der Waals surface area contributed by atoms with Crippen LogP contribution in [-0.2, 0) is 4.74 Å². The molecular weight excluding hydrogens is 541 g/mol. The summed E-state index contributed by atoms with van der Waals surface area (Å²) in [5, 5.41) is 34.0.